The summed E-state index contributed by atoms with van der Waals surface area (Å²) < 4.78 is 11.2. The van der Waals surface area contributed by atoms with Gasteiger partial charge in [-0.05, 0) is 55.5 Å². The van der Waals surface area contributed by atoms with Crippen molar-refractivity contribution in [3.63, 3.8) is 0 Å². The van der Waals surface area contributed by atoms with Crippen LogP contribution in [-0.2, 0) is 17.7 Å². The van der Waals surface area contributed by atoms with E-state index in [0.29, 0.717) is 13.1 Å². The molecule has 1 fully saturated rings. The fourth-order valence-electron chi connectivity index (χ4n) is 3.22. The molecular formula is C21H27NO3. The minimum Gasteiger partial charge on any atom is -0.467 e. The molecule has 1 unspecified atom stereocenters. The van der Waals surface area contributed by atoms with Gasteiger partial charge in [-0.3, -0.25) is 4.79 Å². The van der Waals surface area contributed by atoms with E-state index in [4.69, 9.17) is 9.15 Å². The first-order valence-corrected chi connectivity index (χ1v) is 9.28. The predicted octanol–water partition coefficient (Wildman–Crippen LogP) is 4.44. The average molecular weight is 341 g/mol. The molecule has 0 bridgehead atoms. The molecule has 4 heteroatoms. The third-order valence-electron chi connectivity index (χ3n) is 4.68. The second-order valence-corrected chi connectivity index (χ2v) is 6.70. The molecule has 0 radical (unpaired) electrons. The Bertz CT molecular complexity index is 642. The van der Waals surface area contributed by atoms with Gasteiger partial charge in [0.15, 0.2) is 0 Å². The lowest BCUT2D eigenvalue weighted by atomic mass is 10.1. The number of hydrogen-bond donors (Lipinski definition) is 0. The van der Waals surface area contributed by atoms with Crippen LogP contribution in [0.15, 0.2) is 47.1 Å². The normalized spacial score (nSPS) is 16.9. The van der Waals surface area contributed by atoms with Gasteiger partial charge in [0.2, 0.25) is 0 Å². The number of ether oxygens (including phenoxy) is 1. The van der Waals surface area contributed by atoms with Gasteiger partial charge >= 0.3 is 0 Å². The van der Waals surface area contributed by atoms with Crippen LogP contribution < -0.4 is 0 Å². The van der Waals surface area contributed by atoms with Crippen molar-refractivity contribution < 1.29 is 13.9 Å². The molecule has 1 aliphatic heterocycles. The summed E-state index contributed by atoms with van der Waals surface area (Å²) in [6.07, 6.45) is 7.28. The number of hydrogen-bond acceptors (Lipinski definition) is 3. The van der Waals surface area contributed by atoms with Crippen molar-refractivity contribution in [2.24, 2.45) is 0 Å². The minimum absolute atomic E-state index is 0.0361. The van der Waals surface area contributed by atoms with E-state index in [1.807, 2.05) is 29.2 Å². The first kappa shape index (κ1) is 17.7. The van der Waals surface area contributed by atoms with Gasteiger partial charge in [-0.2, -0.15) is 0 Å². The summed E-state index contributed by atoms with van der Waals surface area (Å²) in [5.74, 6) is 0.833. The van der Waals surface area contributed by atoms with E-state index in [1.165, 1.54) is 18.4 Å². The molecule has 134 valence electrons. The molecule has 2 aromatic rings. The van der Waals surface area contributed by atoms with Gasteiger partial charge < -0.3 is 14.1 Å². The van der Waals surface area contributed by atoms with Crippen molar-refractivity contribution in [2.45, 2.75) is 51.7 Å². The van der Waals surface area contributed by atoms with Crippen LogP contribution in [0, 0.1) is 0 Å². The molecule has 0 aliphatic carbocycles. The Balaban J connectivity index is 1.70. The van der Waals surface area contributed by atoms with Gasteiger partial charge in [-0.25, -0.2) is 0 Å². The zero-order chi connectivity index (χ0) is 17.5. The summed E-state index contributed by atoms with van der Waals surface area (Å²) in [6, 6.07) is 11.8. The van der Waals surface area contributed by atoms with Crippen LogP contribution in [0.5, 0.6) is 0 Å². The van der Waals surface area contributed by atoms with Crippen LogP contribution in [0.4, 0.5) is 0 Å². The van der Waals surface area contributed by atoms with Gasteiger partial charge in [0.25, 0.3) is 5.91 Å². The van der Waals surface area contributed by atoms with Crippen LogP contribution in [0.2, 0.25) is 0 Å². The average Bonchev–Trinajstić information content (AvgIpc) is 3.33. The molecule has 1 aromatic heterocycles. The maximum Gasteiger partial charge on any atom is 0.254 e. The maximum absolute atomic E-state index is 13.0. The molecular weight excluding hydrogens is 314 g/mol. The lowest BCUT2D eigenvalue weighted by Gasteiger charge is -2.25. The topological polar surface area (TPSA) is 42.7 Å². The monoisotopic (exact) mass is 341 g/mol. The largest absolute Gasteiger partial charge is 0.467 e. The molecule has 1 aromatic carbocycles. The van der Waals surface area contributed by atoms with Crippen molar-refractivity contribution in [1.82, 2.24) is 4.90 Å². The maximum atomic E-state index is 13.0. The van der Waals surface area contributed by atoms with Crippen LogP contribution in [-0.4, -0.2) is 30.1 Å². The molecule has 0 spiro atoms. The Labute approximate surface area is 149 Å². The zero-order valence-corrected chi connectivity index (χ0v) is 14.9. The van der Waals surface area contributed by atoms with Gasteiger partial charge in [0.1, 0.15) is 5.76 Å². The van der Waals surface area contributed by atoms with E-state index in [-0.39, 0.29) is 12.0 Å². The Kier molecular flexibility index (Phi) is 6.29. The summed E-state index contributed by atoms with van der Waals surface area (Å²) in [7, 11) is 0. The van der Waals surface area contributed by atoms with Crippen molar-refractivity contribution in [2.75, 3.05) is 13.2 Å². The van der Waals surface area contributed by atoms with Crippen LogP contribution in [0.3, 0.4) is 0 Å². The summed E-state index contributed by atoms with van der Waals surface area (Å²) in [5, 5.41) is 0. The number of benzene rings is 1. The van der Waals surface area contributed by atoms with E-state index < -0.39 is 0 Å². The number of furan rings is 1. The zero-order valence-electron chi connectivity index (χ0n) is 14.9. The van der Waals surface area contributed by atoms with Crippen molar-refractivity contribution >= 4 is 5.91 Å². The molecule has 4 nitrogen and oxygen atoms in total. The molecule has 1 amide bonds. The van der Waals surface area contributed by atoms with Gasteiger partial charge in [0.05, 0.1) is 18.9 Å². The first-order chi connectivity index (χ1) is 12.3. The number of amides is 1. The molecule has 3 rings (SSSR count). The third kappa shape index (κ3) is 4.95. The number of nitrogens with zero attached hydrogens (tertiary/aromatic N) is 1. The smallest absolute Gasteiger partial charge is 0.254 e. The van der Waals surface area contributed by atoms with Gasteiger partial charge in [-0.15, -0.1) is 0 Å². The van der Waals surface area contributed by atoms with E-state index in [1.54, 1.807) is 6.26 Å². The SMILES string of the molecule is CCCCc1ccc(C(=O)N(Cc2ccco2)CC2CCCO2)cc1. The number of carbonyl (C=O) groups excluding carboxylic acids is 1. The minimum atomic E-state index is 0.0361. The molecule has 2 heterocycles. The highest BCUT2D eigenvalue weighted by molar-refractivity contribution is 5.94. The Morgan fingerprint density at radius 1 is 1.24 bits per heavy atom. The van der Waals surface area contributed by atoms with E-state index >= 15 is 0 Å². The lowest BCUT2D eigenvalue weighted by molar-refractivity contribution is 0.0491. The summed E-state index contributed by atoms with van der Waals surface area (Å²) in [5.41, 5.74) is 2.01. The lowest BCUT2D eigenvalue weighted by Crippen LogP contribution is -2.36. The Morgan fingerprint density at radius 2 is 2.08 bits per heavy atom. The Hall–Kier alpha value is -2.07. The molecule has 1 saturated heterocycles. The fourth-order valence-corrected chi connectivity index (χ4v) is 3.22. The van der Waals surface area contributed by atoms with Gasteiger partial charge in [-0.1, -0.05) is 25.5 Å². The second-order valence-electron chi connectivity index (χ2n) is 6.70. The molecule has 0 N–H and O–H groups in total. The third-order valence-corrected chi connectivity index (χ3v) is 4.68. The van der Waals surface area contributed by atoms with E-state index in [2.05, 4.69) is 19.1 Å². The number of rotatable bonds is 8. The molecule has 1 atom stereocenters. The second kappa shape index (κ2) is 8.86. The van der Waals surface area contributed by atoms with E-state index in [0.717, 1.165) is 37.2 Å². The number of unbranched alkanes of at least 4 members (excludes halogenated alkanes) is 1. The summed E-state index contributed by atoms with van der Waals surface area (Å²) in [6.45, 7) is 4.06. The summed E-state index contributed by atoms with van der Waals surface area (Å²) >= 11 is 0. The van der Waals surface area contributed by atoms with Gasteiger partial charge in [0, 0.05) is 18.7 Å². The number of aryl methyl sites for hydroxylation is 1. The molecule has 0 saturated carbocycles. The van der Waals surface area contributed by atoms with Crippen LogP contribution >= 0.6 is 0 Å². The highest BCUT2D eigenvalue weighted by Gasteiger charge is 2.24. The number of carbonyl (C=O) groups is 1. The highest BCUT2D eigenvalue weighted by atomic mass is 16.5. The molecule has 1 aliphatic rings. The first-order valence-electron chi connectivity index (χ1n) is 9.28. The molecule has 25 heavy (non-hydrogen) atoms. The fraction of sp³-hybridized carbons (Fsp3) is 0.476. The van der Waals surface area contributed by atoms with Crippen LogP contribution in [0.25, 0.3) is 0 Å². The van der Waals surface area contributed by atoms with Crippen molar-refractivity contribution in [3.8, 4) is 0 Å². The van der Waals surface area contributed by atoms with Crippen LogP contribution in [0.1, 0.15) is 54.3 Å². The van der Waals surface area contributed by atoms with Crippen molar-refractivity contribution in [3.05, 3.63) is 59.5 Å². The summed E-state index contributed by atoms with van der Waals surface area (Å²) in [4.78, 5) is 14.9. The van der Waals surface area contributed by atoms with E-state index in [9.17, 15) is 4.79 Å². The highest BCUT2D eigenvalue weighted by Crippen LogP contribution is 2.18. The predicted molar refractivity (Wildman–Crippen MR) is 97.5 cm³/mol. The Morgan fingerprint density at radius 3 is 2.72 bits per heavy atom. The quantitative estimate of drug-likeness (QED) is 0.713. The van der Waals surface area contributed by atoms with Crippen molar-refractivity contribution in [1.29, 1.82) is 0 Å². The standard InChI is InChI=1S/C21H27NO3/c1-2-3-6-17-9-11-18(12-10-17)21(23)22(15-19-7-4-13-24-19)16-20-8-5-14-25-20/h4,7,9-13,20H,2-3,5-6,8,14-16H2,1H3.